The molecule has 2 aromatic carbocycles. The fourth-order valence-electron chi connectivity index (χ4n) is 2.33. The van der Waals surface area contributed by atoms with Crippen LogP contribution >= 0.6 is 12.2 Å². The van der Waals surface area contributed by atoms with Gasteiger partial charge in [-0.3, -0.25) is 0 Å². The third kappa shape index (κ3) is 5.47. The maximum atomic E-state index is 5.45. The van der Waals surface area contributed by atoms with E-state index < -0.39 is 0 Å². The van der Waals surface area contributed by atoms with Gasteiger partial charge in [0.05, 0.1) is 14.1 Å². The van der Waals surface area contributed by atoms with Gasteiger partial charge in [-0.15, -0.1) is 0 Å². The molecule has 116 valence electrons. The summed E-state index contributed by atoms with van der Waals surface area (Å²) >= 11 is 5.45. The van der Waals surface area contributed by atoms with Crippen molar-refractivity contribution < 1.29 is 4.90 Å². The lowest BCUT2D eigenvalue weighted by molar-refractivity contribution is -0.860. The van der Waals surface area contributed by atoms with E-state index in [1.54, 1.807) is 0 Å². The summed E-state index contributed by atoms with van der Waals surface area (Å²) in [5.74, 6) is 0. The van der Waals surface area contributed by atoms with Crippen molar-refractivity contribution in [1.29, 1.82) is 0 Å². The smallest absolute Gasteiger partial charge is 0.167 e. The van der Waals surface area contributed by atoms with Gasteiger partial charge in [-0.05, 0) is 23.3 Å². The number of likely N-dealkylation sites (N-methyl/N-ethyl adjacent to an activating group) is 1. The first-order chi connectivity index (χ1) is 10.6. The summed E-state index contributed by atoms with van der Waals surface area (Å²) in [5.41, 5.74) is 2.48. The number of rotatable bonds is 6. The second-order valence-electron chi connectivity index (χ2n) is 5.69. The summed E-state index contributed by atoms with van der Waals surface area (Å²) in [5, 5.41) is 7.41. The topological polar surface area (TPSA) is 28.5 Å². The number of benzene rings is 2. The minimum Gasteiger partial charge on any atom is -0.359 e. The molecular weight excluding hydrogens is 290 g/mol. The Morgan fingerprint density at radius 1 is 1.00 bits per heavy atom. The van der Waals surface area contributed by atoms with Crippen LogP contribution in [0.2, 0.25) is 0 Å². The predicted octanol–water partition coefficient (Wildman–Crippen LogP) is 1.54. The van der Waals surface area contributed by atoms with Crippen molar-refractivity contribution >= 4 is 17.3 Å². The molecule has 2 aromatic rings. The van der Waals surface area contributed by atoms with Gasteiger partial charge in [-0.25, -0.2) is 0 Å². The summed E-state index contributed by atoms with van der Waals surface area (Å²) in [6.45, 7) is 1.71. The zero-order valence-corrected chi connectivity index (χ0v) is 14.0. The lowest BCUT2D eigenvalue weighted by Crippen LogP contribution is -3.06. The molecule has 0 radical (unpaired) electrons. The van der Waals surface area contributed by atoms with Gasteiger partial charge in [0.25, 0.3) is 0 Å². The van der Waals surface area contributed by atoms with E-state index in [2.05, 4.69) is 61.1 Å². The van der Waals surface area contributed by atoms with Crippen molar-refractivity contribution in [2.75, 3.05) is 20.6 Å². The Hall–Kier alpha value is -1.91. The Bertz CT molecular complexity index is 569. The number of hydrogen-bond acceptors (Lipinski definition) is 1. The Morgan fingerprint density at radius 3 is 2.18 bits per heavy atom. The van der Waals surface area contributed by atoms with Gasteiger partial charge in [-0.2, -0.15) is 0 Å². The standard InChI is InChI=1S/C18H23N3S/c1-21(2)14-17(16-11-7-4-8-12-16)20-18(22)19-13-15-9-5-3-6-10-15/h3-12,17H,13-14H2,1-2H3,(H2,19,20,22)/p+1/t17-/m1/s1. The van der Waals surface area contributed by atoms with Crippen molar-refractivity contribution in [2.24, 2.45) is 0 Å². The Morgan fingerprint density at radius 2 is 1.59 bits per heavy atom. The Labute approximate surface area is 138 Å². The van der Waals surface area contributed by atoms with E-state index in [1.807, 2.05) is 24.3 Å². The van der Waals surface area contributed by atoms with E-state index in [9.17, 15) is 0 Å². The number of quaternary nitrogens is 1. The van der Waals surface area contributed by atoms with Crippen molar-refractivity contribution in [2.45, 2.75) is 12.6 Å². The molecule has 3 N–H and O–H groups in total. The van der Waals surface area contributed by atoms with E-state index in [0.717, 1.165) is 13.1 Å². The molecule has 0 aliphatic heterocycles. The first-order valence-corrected chi connectivity index (χ1v) is 7.98. The van der Waals surface area contributed by atoms with E-state index >= 15 is 0 Å². The Balaban J connectivity index is 1.93. The average molecular weight is 314 g/mol. The summed E-state index contributed by atoms with van der Waals surface area (Å²) in [4.78, 5) is 1.38. The van der Waals surface area contributed by atoms with Crippen LogP contribution in [0.5, 0.6) is 0 Å². The van der Waals surface area contributed by atoms with Gasteiger partial charge in [0.15, 0.2) is 5.11 Å². The monoisotopic (exact) mass is 314 g/mol. The van der Waals surface area contributed by atoms with Crippen LogP contribution in [-0.4, -0.2) is 25.8 Å². The van der Waals surface area contributed by atoms with Crippen molar-refractivity contribution in [3.63, 3.8) is 0 Å². The summed E-state index contributed by atoms with van der Waals surface area (Å²) in [6.07, 6.45) is 0. The molecule has 0 aliphatic carbocycles. The van der Waals surface area contributed by atoms with Crippen LogP contribution in [0.25, 0.3) is 0 Å². The van der Waals surface area contributed by atoms with Crippen molar-refractivity contribution in [1.82, 2.24) is 10.6 Å². The lowest BCUT2D eigenvalue weighted by Gasteiger charge is -2.22. The number of thiocarbonyl (C=S) groups is 1. The van der Waals surface area contributed by atoms with Gasteiger partial charge in [0.2, 0.25) is 0 Å². The molecule has 0 aliphatic rings. The van der Waals surface area contributed by atoms with Crippen molar-refractivity contribution in [3.05, 3.63) is 71.8 Å². The molecule has 0 saturated carbocycles. The first-order valence-electron chi connectivity index (χ1n) is 7.57. The van der Waals surface area contributed by atoms with E-state index in [1.165, 1.54) is 16.0 Å². The molecular formula is C18H24N3S+. The maximum absolute atomic E-state index is 5.45. The highest BCUT2D eigenvalue weighted by atomic mass is 32.1. The normalized spacial score (nSPS) is 12.0. The number of hydrogen-bond donors (Lipinski definition) is 3. The minimum absolute atomic E-state index is 0.210. The fraction of sp³-hybridized carbons (Fsp3) is 0.278. The maximum Gasteiger partial charge on any atom is 0.167 e. The summed E-state index contributed by atoms with van der Waals surface area (Å²) in [7, 11) is 4.30. The highest BCUT2D eigenvalue weighted by Crippen LogP contribution is 2.10. The molecule has 0 heterocycles. The van der Waals surface area contributed by atoms with Gasteiger partial charge >= 0.3 is 0 Å². The molecule has 1 atom stereocenters. The van der Waals surface area contributed by atoms with Crippen LogP contribution in [0.15, 0.2) is 60.7 Å². The van der Waals surface area contributed by atoms with E-state index in [0.29, 0.717) is 5.11 Å². The highest BCUT2D eigenvalue weighted by molar-refractivity contribution is 7.80. The molecule has 0 aromatic heterocycles. The van der Waals surface area contributed by atoms with Crippen LogP contribution in [0.1, 0.15) is 17.2 Å². The second-order valence-corrected chi connectivity index (χ2v) is 6.10. The lowest BCUT2D eigenvalue weighted by atomic mass is 10.1. The predicted molar refractivity (Wildman–Crippen MR) is 95.9 cm³/mol. The zero-order valence-electron chi connectivity index (χ0n) is 13.2. The third-order valence-corrected chi connectivity index (χ3v) is 3.68. The van der Waals surface area contributed by atoms with Crippen LogP contribution in [0.3, 0.4) is 0 Å². The minimum atomic E-state index is 0.210. The van der Waals surface area contributed by atoms with Gasteiger partial charge < -0.3 is 15.5 Å². The quantitative estimate of drug-likeness (QED) is 0.707. The highest BCUT2D eigenvalue weighted by Gasteiger charge is 2.15. The summed E-state index contributed by atoms with van der Waals surface area (Å²) < 4.78 is 0. The second kappa shape index (κ2) is 8.51. The zero-order chi connectivity index (χ0) is 15.8. The fourth-order valence-corrected chi connectivity index (χ4v) is 2.55. The molecule has 22 heavy (non-hydrogen) atoms. The average Bonchev–Trinajstić information content (AvgIpc) is 2.54. The largest absolute Gasteiger partial charge is 0.359 e. The Kier molecular flexibility index (Phi) is 6.37. The van der Waals surface area contributed by atoms with Crippen LogP contribution in [0.4, 0.5) is 0 Å². The molecule has 2 rings (SSSR count). The van der Waals surface area contributed by atoms with Gasteiger partial charge in [0, 0.05) is 6.54 Å². The molecule has 3 nitrogen and oxygen atoms in total. The third-order valence-electron chi connectivity index (χ3n) is 3.42. The molecule has 0 unspecified atom stereocenters. The SMILES string of the molecule is C[NH+](C)C[C@@H](NC(=S)NCc1ccccc1)c1ccccc1. The molecule has 0 saturated heterocycles. The molecule has 4 heteroatoms. The number of nitrogens with one attached hydrogen (secondary N) is 3. The van der Waals surface area contributed by atoms with Gasteiger partial charge in [0.1, 0.15) is 12.6 Å². The van der Waals surface area contributed by atoms with Crippen molar-refractivity contribution in [3.8, 4) is 0 Å². The van der Waals surface area contributed by atoms with E-state index in [4.69, 9.17) is 12.2 Å². The molecule has 0 amide bonds. The van der Waals surface area contributed by atoms with Crippen LogP contribution in [-0.2, 0) is 6.54 Å². The molecule has 0 bridgehead atoms. The summed E-state index contributed by atoms with van der Waals surface area (Å²) in [6, 6.07) is 20.9. The van der Waals surface area contributed by atoms with Crippen LogP contribution < -0.4 is 15.5 Å². The van der Waals surface area contributed by atoms with Crippen LogP contribution in [0, 0.1) is 0 Å². The van der Waals surface area contributed by atoms with E-state index in [-0.39, 0.29) is 6.04 Å². The molecule has 0 spiro atoms. The first kappa shape index (κ1) is 16.5. The van der Waals surface area contributed by atoms with Gasteiger partial charge in [-0.1, -0.05) is 60.7 Å². The molecule has 0 fully saturated rings.